The molecule has 116 valence electrons. The summed E-state index contributed by atoms with van der Waals surface area (Å²) in [5.74, 6) is 0.409. The maximum absolute atomic E-state index is 12.7. The van der Waals surface area contributed by atoms with Crippen molar-refractivity contribution < 1.29 is 17.6 Å². The van der Waals surface area contributed by atoms with Gasteiger partial charge in [-0.2, -0.15) is 0 Å². The SMILES string of the molecule is Cc1nc2ccc(C(=O)C3CC4CCC(C3)S4(=O)=O)cc2o1. The molecule has 2 aliphatic rings. The lowest BCUT2D eigenvalue weighted by atomic mass is 9.90. The highest BCUT2D eigenvalue weighted by Crippen LogP contribution is 2.42. The summed E-state index contributed by atoms with van der Waals surface area (Å²) in [4.78, 5) is 16.9. The van der Waals surface area contributed by atoms with Gasteiger partial charge in [0.2, 0.25) is 0 Å². The standard InChI is InChI=1S/C16H17NO4S/c1-9-17-14-5-2-10(8-15(14)21-9)16(18)11-6-12-3-4-13(7-11)22(12,19)20/h2,5,8,11-13H,3-4,6-7H2,1H3. The lowest BCUT2D eigenvalue weighted by Crippen LogP contribution is -2.36. The summed E-state index contributed by atoms with van der Waals surface area (Å²) in [6.07, 6.45) is 2.34. The van der Waals surface area contributed by atoms with E-state index >= 15 is 0 Å². The van der Waals surface area contributed by atoms with E-state index in [2.05, 4.69) is 4.98 Å². The van der Waals surface area contributed by atoms with Crippen molar-refractivity contribution in [2.24, 2.45) is 5.92 Å². The van der Waals surface area contributed by atoms with Crippen LogP contribution in [-0.2, 0) is 9.84 Å². The van der Waals surface area contributed by atoms with Gasteiger partial charge in [-0.15, -0.1) is 0 Å². The molecule has 1 aromatic carbocycles. The van der Waals surface area contributed by atoms with Gasteiger partial charge in [0, 0.05) is 18.4 Å². The van der Waals surface area contributed by atoms with Crippen molar-refractivity contribution in [3.63, 3.8) is 0 Å². The lowest BCUT2D eigenvalue weighted by molar-refractivity contribution is 0.0905. The van der Waals surface area contributed by atoms with Crippen molar-refractivity contribution in [1.82, 2.24) is 4.98 Å². The number of aryl methyl sites for hydroxylation is 1. The lowest BCUT2D eigenvalue weighted by Gasteiger charge is -2.26. The van der Waals surface area contributed by atoms with Gasteiger partial charge in [-0.3, -0.25) is 4.79 Å². The molecule has 0 amide bonds. The molecule has 0 spiro atoms. The average molecular weight is 319 g/mol. The fourth-order valence-corrected chi connectivity index (χ4v) is 6.32. The predicted molar refractivity (Wildman–Crippen MR) is 81.5 cm³/mol. The van der Waals surface area contributed by atoms with Crippen LogP contribution in [0.1, 0.15) is 41.9 Å². The van der Waals surface area contributed by atoms with Crippen LogP contribution in [-0.4, -0.2) is 29.7 Å². The molecule has 6 heteroatoms. The number of sulfone groups is 1. The average Bonchev–Trinajstić information content (AvgIpc) is 2.86. The first-order valence-electron chi connectivity index (χ1n) is 7.59. The highest BCUT2D eigenvalue weighted by atomic mass is 32.2. The highest BCUT2D eigenvalue weighted by Gasteiger charge is 2.48. The van der Waals surface area contributed by atoms with Crippen molar-refractivity contribution in [2.45, 2.75) is 43.1 Å². The monoisotopic (exact) mass is 319 g/mol. The molecule has 0 radical (unpaired) electrons. The summed E-state index contributed by atoms with van der Waals surface area (Å²) >= 11 is 0. The maximum atomic E-state index is 12.7. The van der Waals surface area contributed by atoms with E-state index in [0.29, 0.717) is 42.7 Å². The minimum Gasteiger partial charge on any atom is -0.441 e. The molecular weight excluding hydrogens is 302 g/mol. The molecule has 0 saturated carbocycles. The summed E-state index contributed by atoms with van der Waals surface area (Å²) in [6.45, 7) is 1.77. The zero-order chi connectivity index (χ0) is 15.5. The Kier molecular flexibility index (Phi) is 2.95. The molecule has 2 aromatic rings. The number of hydrogen-bond acceptors (Lipinski definition) is 5. The van der Waals surface area contributed by atoms with Crippen molar-refractivity contribution >= 4 is 26.7 Å². The smallest absolute Gasteiger partial charge is 0.192 e. The van der Waals surface area contributed by atoms with Crippen LogP contribution in [0.5, 0.6) is 0 Å². The van der Waals surface area contributed by atoms with E-state index in [1.165, 1.54) is 0 Å². The van der Waals surface area contributed by atoms with Crippen LogP contribution >= 0.6 is 0 Å². The Balaban J connectivity index is 1.64. The number of Topliss-reactive ketones (excluding diaryl/α,β-unsaturated/α-hetero) is 1. The first-order chi connectivity index (χ1) is 10.4. The largest absolute Gasteiger partial charge is 0.441 e. The molecule has 3 heterocycles. The molecule has 2 aliphatic heterocycles. The molecule has 2 fully saturated rings. The molecule has 2 bridgehead atoms. The summed E-state index contributed by atoms with van der Waals surface area (Å²) in [6, 6.07) is 5.27. The van der Waals surface area contributed by atoms with Gasteiger partial charge in [-0.05, 0) is 43.9 Å². The third-order valence-electron chi connectivity index (χ3n) is 4.99. The Morgan fingerprint density at radius 3 is 2.59 bits per heavy atom. The predicted octanol–water partition coefficient (Wildman–Crippen LogP) is 2.67. The van der Waals surface area contributed by atoms with E-state index in [9.17, 15) is 13.2 Å². The second kappa shape index (κ2) is 4.65. The summed E-state index contributed by atoms with van der Waals surface area (Å²) < 4.78 is 29.7. The summed E-state index contributed by atoms with van der Waals surface area (Å²) in [5.41, 5.74) is 1.93. The Bertz CT molecular complexity index is 847. The number of carbonyl (C=O) groups is 1. The van der Waals surface area contributed by atoms with E-state index in [-0.39, 0.29) is 22.2 Å². The van der Waals surface area contributed by atoms with Crippen LogP contribution in [0.15, 0.2) is 22.6 Å². The number of fused-ring (bicyclic) bond motifs is 3. The molecule has 5 nitrogen and oxygen atoms in total. The maximum Gasteiger partial charge on any atom is 0.192 e. The Hall–Kier alpha value is -1.69. The topological polar surface area (TPSA) is 77.2 Å². The first-order valence-corrected chi connectivity index (χ1v) is 9.20. The quantitative estimate of drug-likeness (QED) is 0.795. The Morgan fingerprint density at radius 2 is 1.91 bits per heavy atom. The normalized spacial score (nSPS) is 29.8. The van der Waals surface area contributed by atoms with Crippen LogP contribution in [0.3, 0.4) is 0 Å². The van der Waals surface area contributed by atoms with Crippen LogP contribution in [0.2, 0.25) is 0 Å². The van der Waals surface area contributed by atoms with Gasteiger partial charge in [-0.25, -0.2) is 13.4 Å². The number of oxazole rings is 1. The molecule has 0 aliphatic carbocycles. The van der Waals surface area contributed by atoms with Gasteiger partial charge in [0.1, 0.15) is 5.52 Å². The molecule has 1 aromatic heterocycles. The first kappa shape index (κ1) is 13.9. The summed E-state index contributed by atoms with van der Waals surface area (Å²) in [5, 5.41) is -0.645. The highest BCUT2D eigenvalue weighted by molar-refractivity contribution is 7.93. The minimum absolute atomic E-state index is 0.0303. The van der Waals surface area contributed by atoms with Crippen LogP contribution in [0.4, 0.5) is 0 Å². The van der Waals surface area contributed by atoms with Crippen molar-refractivity contribution in [3.05, 3.63) is 29.7 Å². The number of ketones is 1. The zero-order valence-electron chi connectivity index (χ0n) is 12.3. The second-order valence-electron chi connectivity index (χ2n) is 6.36. The molecule has 2 atom stereocenters. The third-order valence-corrected chi connectivity index (χ3v) is 7.70. The van der Waals surface area contributed by atoms with Gasteiger partial charge in [0.25, 0.3) is 0 Å². The number of nitrogens with zero attached hydrogens (tertiary/aromatic N) is 1. The molecule has 4 rings (SSSR count). The van der Waals surface area contributed by atoms with E-state index in [1.54, 1.807) is 25.1 Å². The van der Waals surface area contributed by atoms with Crippen molar-refractivity contribution in [3.8, 4) is 0 Å². The van der Waals surface area contributed by atoms with Gasteiger partial charge in [0.05, 0.1) is 10.5 Å². The van der Waals surface area contributed by atoms with Gasteiger partial charge in [0.15, 0.2) is 27.1 Å². The molecular formula is C16H17NO4S. The van der Waals surface area contributed by atoms with Crippen LogP contribution in [0, 0.1) is 12.8 Å². The van der Waals surface area contributed by atoms with E-state index in [4.69, 9.17) is 4.42 Å². The number of benzene rings is 1. The second-order valence-corrected chi connectivity index (χ2v) is 8.87. The fourth-order valence-electron chi connectivity index (χ4n) is 3.85. The molecule has 22 heavy (non-hydrogen) atoms. The number of carbonyl (C=O) groups excluding carboxylic acids is 1. The Labute approximate surface area is 128 Å². The number of aromatic nitrogens is 1. The zero-order valence-corrected chi connectivity index (χ0v) is 13.1. The van der Waals surface area contributed by atoms with E-state index in [0.717, 1.165) is 5.52 Å². The van der Waals surface area contributed by atoms with Crippen molar-refractivity contribution in [2.75, 3.05) is 0 Å². The van der Waals surface area contributed by atoms with E-state index < -0.39 is 9.84 Å². The minimum atomic E-state index is -2.99. The van der Waals surface area contributed by atoms with Crippen LogP contribution in [0.25, 0.3) is 11.1 Å². The Morgan fingerprint density at radius 1 is 1.23 bits per heavy atom. The van der Waals surface area contributed by atoms with Crippen molar-refractivity contribution in [1.29, 1.82) is 0 Å². The van der Waals surface area contributed by atoms with Gasteiger partial charge < -0.3 is 4.42 Å². The fraction of sp³-hybridized carbons (Fsp3) is 0.500. The number of hydrogen-bond donors (Lipinski definition) is 0. The van der Waals surface area contributed by atoms with Crippen LogP contribution < -0.4 is 0 Å². The van der Waals surface area contributed by atoms with Gasteiger partial charge in [-0.1, -0.05) is 0 Å². The summed E-state index contributed by atoms with van der Waals surface area (Å²) in [7, 11) is -2.99. The molecule has 2 unspecified atom stereocenters. The van der Waals surface area contributed by atoms with E-state index in [1.807, 2.05) is 0 Å². The number of rotatable bonds is 2. The molecule has 2 saturated heterocycles. The molecule has 0 N–H and O–H groups in total. The third kappa shape index (κ3) is 2.00. The van der Waals surface area contributed by atoms with Gasteiger partial charge >= 0.3 is 0 Å².